The maximum atomic E-state index is 12.8. The standard InChI is InChI=1S/C15H12ClFOS/c16-9-15(18)12-3-7-14(8-4-12)19-10-11-1-5-13(17)6-2-11/h1-8H,9-10H2. The highest BCUT2D eigenvalue weighted by molar-refractivity contribution is 7.98. The van der Waals surface area contributed by atoms with Gasteiger partial charge in [-0.2, -0.15) is 0 Å². The Morgan fingerprint density at radius 2 is 1.68 bits per heavy atom. The first kappa shape index (κ1) is 14.1. The van der Waals surface area contributed by atoms with E-state index in [-0.39, 0.29) is 17.5 Å². The minimum absolute atomic E-state index is 0.00205. The van der Waals surface area contributed by atoms with Gasteiger partial charge in [0.1, 0.15) is 5.82 Å². The van der Waals surface area contributed by atoms with Crippen LogP contribution >= 0.6 is 23.4 Å². The number of ketones is 1. The number of alkyl halides is 1. The number of rotatable bonds is 5. The SMILES string of the molecule is O=C(CCl)c1ccc(SCc2ccc(F)cc2)cc1. The summed E-state index contributed by atoms with van der Waals surface area (Å²) in [5.74, 6) is 0.472. The van der Waals surface area contributed by atoms with Gasteiger partial charge in [-0.3, -0.25) is 4.79 Å². The van der Waals surface area contributed by atoms with Gasteiger partial charge >= 0.3 is 0 Å². The molecule has 0 aliphatic carbocycles. The van der Waals surface area contributed by atoms with Gasteiger partial charge in [-0.05, 0) is 29.8 Å². The molecule has 0 atom stereocenters. The van der Waals surface area contributed by atoms with Crippen LogP contribution in [0.25, 0.3) is 0 Å². The Labute approximate surface area is 120 Å². The van der Waals surface area contributed by atoms with E-state index in [0.29, 0.717) is 5.56 Å². The zero-order valence-corrected chi connectivity index (χ0v) is 11.7. The van der Waals surface area contributed by atoms with Gasteiger partial charge in [0.05, 0.1) is 5.88 Å². The van der Waals surface area contributed by atoms with Crippen LogP contribution in [0.15, 0.2) is 53.4 Å². The predicted octanol–water partition coefficient (Wildman–Crippen LogP) is 4.54. The van der Waals surface area contributed by atoms with E-state index >= 15 is 0 Å². The van der Waals surface area contributed by atoms with Crippen molar-refractivity contribution in [1.82, 2.24) is 0 Å². The summed E-state index contributed by atoms with van der Waals surface area (Å²) in [4.78, 5) is 12.4. The molecule has 2 aromatic carbocycles. The van der Waals surface area contributed by atoms with Crippen LogP contribution in [0.5, 0.6) is 0 Å². The fourth-order valence-electron chi connectivity index (χ4n) is 1.56. The molecule has 0 saturated carbocycles. The lowest BCUT2D eigenvalue weighted by atomic mass is 10.1. The van der Waals surface area contributed by atoms with Crippen LogP contribution in [-0.2, 0) is 5.75 Å². The zero-order valence-electron chi connectivity index (χ0n) is 10.1. The van der Waals surface area contributed by atoms with E-state index in [4.69, 9.17) is 11.6 Å². The van der Waals surface area contributed by atoms with Crippen LogP contribution in [0.1, 0.15) is 15.9 Å². The molecule has 0 aliphatic rings. The Hall–Kier alpha value is -1.32. The summed E-state index contributed by atoms with van der Waals surface area (Å²) in [5, 5.41) is 0. The van der Waals surface area contributed by atoms with Gasteiger partial charge < -0.3 is 0 Å². The number of Topliss-reactive ketones (excluding diaryl/α,β-unsaturated/α-hetero) is 1. The molecule has 0 radical (unpaired) electrons. The number of benzene rings is 2. The molecule has 98 valence electrons. The van der Waals surface area contributed by atoms with Crippen LogP contribution in [0, 0.1) is 5.82 Å². The molecule has 0 aromatic heterocycles. The monoisotopic (exact) mass is 294 g/mol. The lowest BCUT2D eigenvalue weighted by Crippen LogP contribution is -1.99. The van der Waals surface area contributed by atoms with Gasteiger partial charge in [0.25, 0.3) is 0 Å². The highest BCUT2D eigenvalue weighted by Gasteiger charge is 2.03. The second-order valence-corrected chi connectivity index (χ2v) is 5.31. The van der Waals surface area contributed by atoms with Gasteiger partial charge in [-0.1, -0.05) is 24.3 Å². The highest BCUT2D eigenvalue weighted by Crippen LogP contribution is 2.23. The van der Waals surface area contributed by atoms with E-state index < -0.39 is 0 Å². The lowest BCUT2D eigenvalue weighted by molar-refractivity contribution is 0.102. The van der Waals surface area contributed by atoms with Crippen LogP contribution in [0.3, 0.4) is 0 Å². The summed E-state index contributed by atoms with van der Waals surface area (Å²) in [5.41, 5.74) is 1.69. The first-order chi connectivity index (χ1) is 9.19. The molecule has 0 saturated heterocycles. The van der Waals surface area contributed by atoms with E-state index in [1.54, 1.807) is 36.0 Å². The van der Waals surface area contributed by atoms with E-state index in [9.17, 15) is 9.18 Å². The molecule has 2 aromatic rings. The Kier molecular flexibility index (Phi) is 5.00. The van der Waals surface area contributed by atoms with Crippen LogP contribution < -0.4 is 0 Å². The van der Waals surface area contributed by atoms with Crippen molar-refractivity contribution >= 4 is 29.1 Å². The number of hydrogen-bond donors (Lipinski definition) is 0. The molecule has 4 heteroatoms. The van der Waals surface area contributed by atoms with Crippen molar-refractivity contribution < 1.29 is 9.18 Å². The Bertz CT molecular complexity index is 551. The predicted molar refractivity (Wildman–Crippen MR) is 77.5 cm³/mol. The molecule has 0 heterocycles. The molecule has 0 fully saturated rings. The summed E-state index contributed by atoms with van der Waals surface area (Å²) in [6.45, 7) is 0. The van der Waals surface area contributed by atoms with Gasteiger partial charge in [0.2, 0.25) is 0 Å². The summed E-state index contributed by atoms with van der Waals surface area (Å²) in [7, 11) is 0. The topological polar surface area (TPSA) is 17.1 Å². The van der Waals surface area contributed by atoms with Crippen LogP contribution in [0.4, 0.5) is 4.39 Å². The van der Waals surface area contributed by atoms with Gasteiger partial charge in [-0.15, -0.1) is 23.4 Å². The number of hydrogen-bond acceptors (Lipinski definition) is 2. The molecule has 2 rings (SSSR count). The van der Waals surface area contributed by atoms with E-state index in [1.165, 1.54) is 12.1 Å². The number of carbonyl (C=O) groups excluding carboxylic acids is 1. The zero-order chi connectivity index (χ0) is 13.7. The van der Waals surface area contributed by atoms with Crippen molar-refractivity contribution in [2.24, 2.45) is 0 Å². The summed E-state index contributed by atoms with van der Waals surface area (Å²) < 4.78 is 12.8. The van der Waals surface area contributed by atoms with Crippen molar-refractivity contribution in [3.63, 3.8) is 0 Å². The van der Waals surface area contributed by atoms with Crippen molar-refractivity contribution in [3.05, 3.63) is 65.5 Å². The van der Waals surface area contributed by atoms with Crippen molar-refractivity contribution in [3.8, 4) is 0 Å². The molecule has 0 aliphatic heterocycles. The maximum absolute atomic E-state index is 12.8. The second kappa shape index (κ2) is 6.73. The first-order valence-electron chi connectivity index (χ1n) is 5.75. The molecule has 1 nitrogen and oxygen atoms in total. The smallest absolute Gasteiger partial charge is 0.177 e. The minimum Gasteiger partial charge on any atom is -0.293 e. The normalized spacial score (nSPS) is 10.4. The van der Waals surface area contributed by atoms with Crippen LogP contribution in [-0.4, -0.2) is 11.7 Å². The lowest BCUT2D eigenvalue weighted by Gasteiger charge is -2.03. The maximum Gasteiger partial charge on any atom is 0.177 e. The van der Waals surface area contributed by atoms with Crippen molar-refractivity contribution in [2.45, 2.75) is 10.6 Å². The molecule has 0 N–H and O–H groups in total. The third-order valence-corrected chi connectivity index (χ3v) is 3.94. The summed E-state index contributed by atoms with van der Waals surface area (Å²) in [6, 6.07) is 13.8. The van der Waals surface area contributed by atoms with E-state index in [1.807, 2.05) is 12.1 Å². The molecule has 0 unspecified atom stereocenters. The molecule has 0 amide bonds. The Balaban J connectivity index is 1.96. The largest absolute Gasteiger partial charge is 0.293 e. The molecule has 0 bridgehead atoms. The van der Waals surface area contributed by atoms with E-state index in [2.05, 4.69) is 0 Å². The highest BCUT2D eigenvalue weighted by atomic mass is 35.5. The number of halogens is 2. The fraction of sp³-hybridized carbons (Fsp3) is 0.133. The number of thioether (sulfide) groups is 1. The third kappa shape index (κ3) is 4.08. The van der Waals surface area contributed by atoms with Crippen molar-refractivity contribution in [1.29, 1.82) is 0 Å². The van der Waals surface area contributed by atoms with Crippen LogP contribution in [0.2, 0.25) is 0 Å². The summed E-state index contributed by atoms with van der Waals surface area (Å²) in [6.07, 6.45) is 0. The Morgan fingerprint density at radius 1 is 1.05 bits per heavy atom. The minimum atomic E-state index is -0.224. The van der Waals surface area contributed by atoms with Gasteiger partial charge in [0.15, 0.2) is 5.78 Å². The fourth-order valence-corrected chi connectivity index (χ4v) is 2.57. The molecular weight excluding hydrogens is 283 g/mol. The summed E-state index contributed by atoms with van der Waals surface area (Å²) >= 11 is 7.14. The quantitative estimate of drug-likeness (QED) is 0.457. The molecular formula is C15H12ClFOS. The average Bonchev–Trinajstić information content (AvgIpc) is 2.46. The van der Waals surface area contributed by atoms with Gasteiger partial charge in [-0.25, -0.2) is 4.39 Å². The third-order valence-electron chi connectivity index (χ3n) is 2.62. The number of carbonyl (C=O) groups is 1. The first-order valence-corrected chi connectivity index (χ1v) is 7.27. The Morgan fingerprint density at radius 3 is 2.26 bits per heavy atom. The van der Waals surface area contributed by atoms with Gasteiger partial charge in [0, 0.05) is 16.2 Å². The average molecular weight is 295 g/mol. The van der Waals surface area contributed by atoms with E-state index in [0.717, 1.165) is 16.2 Å². The molecule has 0 spiro atoms. The molecule has 19 heavy (non-hydrogen) atoms. The second-order valence-electron chi connectivity index (χ2n) is 4.00. The van der Waals surface area contributed by atoms with Crippen molar-refractivity contribution in [2.75, 3.05) is 5.88 Å².